The Labute approximate surface area is 217 Å². The van der Waals surface area contributed by atoms with E-state index in [4.69, 9.17) is 4.74 Å². The summed E-state index contributed by atoms with van der Waals surface area (Å²) >= 11 is 0. The number of benzene rings is 1. The molecule has 8 heteroatoms. The predicted octanol–water partition coefficient (Wildman–Crippen LogP) is 4.56. The van der Waals surface area contributed by atoms with E-state index < -0.39 is 36.3 Å². The number of carbonyl (C=O) groups excluding carboxylic acids is 3. The van der Waals surface area contributed by atoms with Gasteiger partial charge in [0.15, 0.2) is 0 Å². The number of hydrogen-bond acceptors (Lipinski definition) is 5. The van der Waals surface area contributed by atoms with Crippen LogP contribution in [0, 0.1) is 13.8 Å². The maximum Gasteiger partial charge on any atom is 0.408 e. The van der Waals surface area contributed by atoms with Crippen LogP contribution in [0.4, 0.5) is 4.79 Å². The second-order valence-electron chi connectivity index (χ2n) is 10.4. The van der Waals surface area contributed by atoms with Crippen molar-refractivity contribution in [3.8, 4) is 0 Å². The number of rotatable bonds is 14. The third-order valence-electron chi connectivity index (χ3n) is 5.82. The molecule has 2 unspecified atom stereocenters. The van der Waals surface area contributed by atoms with Crippen LogP contribution in [-0.4, -0.2) is 59.3 Å². The Balaban J connectivity index is 3.38. The molecule has 0 saturated carbocycles. The quantitative estimate of drug-likeness (QED) is 0.321. The molecule has 1 aromatic rings. The van der Waals surface area contributed by atoms with E-state index in [1.165, 1.54) is 4.90 Å². The molecule has 0 aromatic heterocycles. The van der Waals surface area contributed by atoms with Gasteiger partial charge in [-0.1, -0.05) is 63.3 Å². The van der Waals surface area contributed by atoms with Crippen molar-refractivity contribution in [3.63, 3.8) is 0 Å². The van der Waals surface area contributed by atoms with Crippen LogP contribution in [0.5, 0.6) is 0 Å². The largest absolute Gasteiger partial charge is 0.444 e. The van der Waals surface area contributed by atoms with Crippen LogP contribution in [0.2, 0.25) is 0 Å². The summed E-state index contributed by atoms with van der Waals surface area (Å²) in [6.45, 7) is 13.5. The van der Waals surface area contributed by atoms with Crippen molar-refractivity contribution in [1.29, 1.82) is 0 Å². The molecule has 3 amide bonds. The predicted molar refractivity (Wildman–Crippen MR) is 143 cm³/mol. The van der Waals surface area contributed by atoms with E-state index in [0.717, 1.165) is 48.8 Å². The summed E-state index contributed by atoms with van der Waals surface area (Å²) < 4.78 is 5.29. The highest BCUT2D eigenvalue weighted by atomic mass is 16.6. The number of unbranched alkanes of at least 4 members (excludes halogenated alkanes) is 4. The first-order valence-corrected chi connectivity index (χ1v) is 13.2. The van der Waals surface area contributed by atoms with Crippen molar-refractivity contribution < 1.29 is 24.2 Å². The number of carbonyl (C=O) groups is 3. The number of amides is 3. The number of hydrogen-bond donors (Lipinski definition) is 3. The van der Waals surface area contributed by atoms with Gasteiger partial charge in [-0.15, -0.1) is 0 Å². The van der Waals surface area contributed by atoms with E-state index in [-0.39, 0.29) is 5.91 Å². The summed E-state index contributed by atoms with van der Waals surface area (Å²) in [7, 11) is 0. The minimum atomic E-state index is -1.23. The van der Waals surface area contributed by atoms with E-state index in [2.05, 4.69) is 24.5 Å². The molecule has 1 aromatic carbocycles. The lowest BCUT2D eigenvalue weighted by Crippen LogP contribution is -2.54. The lowest BCUT2D eigenvalue weighted by Gasteiger charge is -2.35. The van der Waals surface area contributed by atoms with E-state index >= 15 is 0 Å². The average molecular weight is 506 g/mol. The van der Waals surface area contributed by atoms with Crippen LogP contribution in [0.3, 0.4) is 0 Å². The first kappa shape index (κ1) is 31.4. The van der Waals surface area contributed by atoms with Gasteiger partial charge in [0, 0.05) is 13.1 Å². The highest BCUT2D eigenvalue weighted by Gasteiger charge is 2.36. The molecule has 1 rings (SSSR count). The van der Waals surface area contributed by atoms with E-state index in [1.807, 2.05) is 32.0 Å². The summed E-state index contributed by atoms with van der Waals surface area (Å²) in [6, 6.07) is 3.69. The Bertz CT molecular complexity index is 850. The van der Waals surface area contributed by atoms with Crippen molar-refractivity contribution in [1.82, 2.24) is 15.5 Å². The standard InChI is InChI=1S/C28H47N3O5/c1-8-10-12-16-29-25(33)24(22-15-14-20(3)18-21(22)4)31(17-13-11-9-2)26(34)23(19-32)30-27(35)36-28(5,6)7/h14-15,18,23-24,32H,8-13,16-17,19H2,1-7H3,(H,29,33)(H,30,35). The van der Waals surface area contributed by atoms with E-state index in [9.17, 15) is 19.5 Å². The highest BCUT2D eigenvalue weighted by molar-refractivity contribution is 5.92. The van der Waals surface area contributed by atoms with Crippen molar-refractivity contribution in [3.05, 3.63) is 34.9 Å². The van der Waals surface area contributed by atoms with Crippen LogP contribution >= 0.6 is 0 Å². The zero-order valence-electron chi connectivity index (χ0n) is 23.3. The number of ether oxygens (including phenoxy) is 1. The molecule has 0 aliphatic carbocycles. The number of nitrogens with zero attached hydrogens (tertiary/aromatic N) is 1. The van der Waals surface area contributed by atoms with Gasteiger partial charge in [-0.25, -0.2) is 4.79 Å². The number of aryl methyl sites for hydroxylation is 2. The third kappa shape index (κ3) is 10.6. The summed E-state index contributed by atoms with van der Waals surface area (Å²) in [4.78, 5) is 41.2. The molecular formula is C28H47N3O5. The maximum absolute atomic E-state index is 13.8. The Morgan fingerprint density at radius 3 is 2.22 bits per heavy atom. The monoisotopic (exact) mass is 505 g/mol. The number of aliphatic hydroxyl groups excluding tert-OH is 1. The lowest BCUT2D eigenvalue weighted by molar-refractivity contribution is -0.143. The molecule has 3 N–H and O–H groups in total. The highest BCUT2D eigenvalue weighted by Crippen LogP contribution is 2.27. The SMILES string of the molecule is CCCCCNC(=O)C(c1ccc(C)cc1C)N(CCCCC)C(=O)C(CO)NC(=O)OC(C)(C)C. The van der Waals surface area contributed by atoms with Gasteiger partial charge >= 0.3 is 6.09 Å². The van der Waals surface area contributed by atoms with Crippen molar-refractivity contribution in [2.24, 2.45) is 0 Å². The van der Waals surface area contributed by atoms with Crippen LogP contribution in [0.1, 0.15) is 95.9 Å². The molecule has 0 heterocycles. The molecule has 2 atom stereocenters. The smallest absolute Gasteiger partial charge is 0.408 e. The van der Waals surface area contributed by atoms with Gasteiger partial charge in [0.2, 0.25) is 11.8 Å². The molecule has 0 spiro atoms. The van der Waals surface area contributed by atoms with Gasteiger partial charge in [0.25, 0.3) is 0 Å². The summed E-state index contributed by atoms with van der Waals surface area (Å²) in [5, 5.41) is 15.5. The Hall–Kier alpha value is -2.61. The molecule has 0 bridgehead atoms. The average Bonchev–Trinajstić information content (AvgIpc) is 2.79. The molecule has 0 saturated heterocycles. The Morgan fingerprint density at radius 2 is 1.67 bits per heavy atom. The minimum Gasteiger partial charge on any atom is -0.444 e. The molecule has 0 aliphatic rings. The fourth-order valence-electron chi connectivity index (χ4n) is 4.00. The molecule has 8 nitrogen and oxygen atoms in total. The van der Waals surface area contributed by atoms with E-state index in [1.54, 1.807) is 20.8 Å². The van der Waals surface area contributed by atoms with Gasteiger partial charge in [-0.3, -0.25) is 9.59 Å². The molecule has 204 valence electrons. The fourth-order valence-corrected chi connectivity index (χ4v) is 4.00. The van der Waals surface area contributed by atoms with Crippen LogP contribution in [0.25, 0.3) is 0 Å². The first-order valence-electron chi connectivity index (χ1n) is 13.2. The van der Waals surface area contributed by atoms with Crippen molar-refractivity contribution >= 4 is 17.9 Å². The maximum atomic E-state index is 13.8. The van der Waals surface area contributed by atoms with Gasteiger partial charge in [-0.05, 0) is 58.6 Å². The first-order chi connectivity index (χ1) is 16.9. The molecule has 0 fully saturated rings. The second kappa shape index (κ2) is 15.5. The van der Waals surface area contributed by atoms with E-state index in [0.29, 0.717) is 19.5 Å². The zero-order chi connectivity index (χ0) is 27.3. The third-order valence-corrected chi connectivity index (χ3v) is 5.82. The van der Waals surface area contributed by atoms with Gasteiger partial charge in [0.05, 0.1) is 6.61 Å². The number of nitrogens with one attached hydrogen (secondary N) is 2. The normalized spacial score (nSPS) is 13.0. The Kier molecular flexibility index (Phi) is 13.5. The molecule has 36 heavy (non-hydrogen) atoms. The summed E-state index contributed by atoms with van der Waals surface area (Å²) in [6.07, 6.45) is 4.61. The van der Waals surface area contributed by atoms with Gasteiger partial charge in [-0.2, -0.15) is 0 Å². The topological polar surface area (TPSA) is 108 Å². The van der Waals surface area contributed by atoms with Crippen molar-refractivity contribution in [2.75, 3.05) is 19.7 Å². The van der Waals surface area contributed by atoms with Crippen LogP contribution in [0.15, 0.2) is 18.2 Å². The molecule has 0 aliphatic heterocycles. The second-order valence-corrected chi connectivity index (χ2v) is 10.4. The summed E-state index contributed by atoms with van der Waals surface area (Å²) in [5.74, 6) is -0.787. The fraction of sp³-hybridized carbons (Fsp3) is 0.679. The zero-order valence-corrected chi connectivity index (χ0v) is 23.3. The van der Waals surface area contributed by atoms with Crippen molar-refractivity contribution in [2.45, 2.75) is 105 Å². The summed E-state index contributed by atoms with van der Waals surface area (Å²) in [5.41, 5.74) is 1.93. The van der Waals surface area contributed by atoms with Crippen LogP contribution < -0.4 is 10.6 Å². The number of alkyl carbamates (subject to hydrolysis) is 1. The van der Waals surface area contributed by atoms with Crippen LogP contribution in [-0.2, 0) is 14.3 Å². The van der Waals surface area contributed by atoms with Gasteiger partial charge in [0.1, 0.15) is 17.7 Å². The van der Waals surface area contributed by atoms with Gasteiger partial charge < -0.3 is 25.4 Å². The number of aliphatic hydroxyl groups is 1. The minimum absolute atomic E-state index is 0.267. The molecular weight excluding hydrogens is 458 g/mol. The lowest BCUT2D eigenvalue weighted by atomic mass is 9.96. The molecule has 0 radical (unpaired) electrons. The Morgan fingerprint density at radius 1 is 1.03 bits per heavy atom.